The lowest BCUT2D eigenvalue weighted by atomic mass is 9.96. The molecule has 1 aromatic rings. The summed E-state index contributed by atoms with van der Waals surface area (Å²) in [5.74, 6) is 0.721. The number of hydrogen-bond acceptors (Lipinski definition) is 4. The van der Waals surface area contributed by atoms with Gasteiger partial charge in [0.2, 0.25) is 0 Å². The van der Waals surface area contributed by atoms with E-state index in [1.54, 1.807) is 11.8 Å². The molecule has 0 bridgehead atoms. The van der Waals surface area contributed by atoms with Gasteiger partial charge in [-0.25, -0.2) is 4.79 Å². The Morgan fingerprint density at radius 3 is 2.90 bits per heavy atom. The lowest BCUT2D eigenvalue weighted by molar-refractivity contribution is -0.140. The molecule has 21 heavy (non-hydrogen) atoms. The molecular weight excluding hydrogens is 284 g/mol. The zero-order valence-electron chi connectivity index (χ0n) is 12.7. The van der Waals surface area contributed by atoms with Crippen molar-refractivity contribution in [2.24, 2.45) is 10.9 Å². The van der Waals surface area contributed by atoms with Crippen molar-refractivity contribution in [3.63, 3.8) is 0 Å². The molecule has 0 spiro atoms. The molecular formula is C16H22N2O2S. The van der Waals surface area contributed by atoms with E-state index in [0.717, 1.165) is 17.7 Å². The quantitative estimate of drug-likeness (QED) is 0.877. The number of nitrogens with one attached hydrogen (secondary N) is 1. The Labute approximate surface area is 130 Å². The maximum absolute atomic E-state index is 11.6. The van der Waals surface area contributed by atoms with E-state index in [0.29, 0.717) is 5.84 Å². The molecule has 1 heterocycles. The monoisotopic (exact) mass is 306 g/mol. The van der Waals surface area contributed by atoms with Crippen molar-refractivity contribution >= 4 is 23.6 Å². The fourth-order valence-corrected chi connectivity index (χ4v) is 3.37. The summed E-state index contributed by atoms with van der Waals surface area (Å²) in [6.07, 6.45) is 2.89. The fraction of sp³-hybridized carbons (Fsp3) is 0.500. The highest BCUT2D eigenvalue weighted by Crippen LogP contribution is 2.20. The smallest absolute Gasteiger partial charge is 0.326 e. The van der Waals surface area contributed by atoms with Crippen molar-refractivity contribution in [2.75, 3.05) is 12.0 Å². The van der Waals surface area contributed by atoms with Crippen LogP contribution in [0.1, 0.15) is 25.0 Å². The second-order valence-electron chi connectivity index (χ2n) is 5.58. The molecule has 0 aromatic heterocycles. The highest BCUT2D eigenvalue weighted by atomic mass is 32.2. The summed E-state index contributed by atoms with van der Waals surface area (Å²) in [5.41, 5.74) is 2.25. The van der Waals surface area contributed by atoms with Crippen LogP contribution in [0.5, 0.6) is 0 Å². The molecule has 1 aliphatic heterocycles. The maximum atomic E-state index is 11.6. The van der Waals surface area contributed by atoms with Gasteiger partial charge in [0.05, 0.1) is 6.04 Å². The average Bonchev–Trinajstić information content (AvgIpc) is 2.44. The van der Waals surface area contributed by atoms with Crippen molar-refractivity contribution < 1.29 is 9.90 Å². The zero-order chi connectivity index (χ0) is 15.4. The molecule has 3 atom stereocenters. The van der Waals surface area contributed by atoms with Gasteiger partial charge >= 0.3 is 5.97 Å². The molecule has 0 amide bonds. The van der Waals surface area contributed by atoms with Gasteiger partial charge in [0.1, 0.15) is 11.9 Å². The fourth-order valence-electron chi connectivity index (χ4n) is 2.65. The van der Waals surface area contributed by atoms with Gasteiger partial charge in [0, 0.05) is 5.56 Å². The molecule has 1 aliphatic rings. The van der Waals surface area contributed by atoms with Crippen LogP contribution < -0.4 is 5.32 Å². The Kier molecular flexibility index (Phi) is 5.28. The Morgan fingerprint density at radius 2 is 2.24 bits per heavy atom. The molecule has 2 N–H and O–H groups in total. The predicted molar refractivity (Wildman–Crippen MR) is 88.3 cm³/mol. The lowest BCUT2D eigenvalue weighted by Crippen LogP contribution is -2.47. The first kappa shape index (κ1) is 15.9. The van der Waals surface area contributed by atoms with Crippen LogP contribution in [0, 0.1) is 5.92 Å². The number of hydrogen-bond donors (Lipinski definition) is 2. The van der Waals surface area contributed by atoms with Crippen LogP contribution in [0.2, 0.25) is 0 Å². The summed E-state index contributed by atoms with van der Waals surface area (Å²) in [4.78, 5) is 16.2. The van der Waals surface area contributed by atoms with Crippen molar-refractivity contribution in [3.05, 3.63) is 35.4 Å². The van der Waals surface area contributed by atoms with Crippen LogP contribution in [0.25, 0.3) is 0 Å². The van der Waals surface area contributed by atoms with Gasteiger partial charge in [-0.1, -0.05) is 31.2 Å². The van der Waals surface area contributed by atoms with Gasteiger partial charge in [0.15, 0.2) is 0 Å². The molecule has 4 nitrogen and oxygen atoms in total. The van der Waals surface area contributed by atoms with Crippen LogP contribution in [0.3, 0.4) is 0 Å². The SMILES string of the molecule is CSC[C@H](C)[C@H](NC1=N[C@H](C)Cc2ccccc21)C(=O)O. The third kappa shape index (κ3) is 3.79. The maximum Gasteiger partial charge on any atom is 0.326 e. The second-order valence-corrected chi connectivity index (χ2v) is 6.49. The normalized spacial score (nSPS) is 20.1. The van der Waals surface area contributed by atoms with Crippen molar-refractivity contribution in [3.8, 4) is 0 Å². The highest BCUT2D eigenvalue weighted by molar-refractivity contribution is 7.98. The first-order chi connectivity index (χ1) is 10.0. The number of carbonyl (C=O) groups is 1. The number of aliphatic carboxylic acids is 1. The molecule has 114 valence electrons. The number of thioether (sulfide) groups is 1. The van der Waals surface area contributed by atoms with Crippen LogP contribution in [0.15, 0.2) is 29.3 Å². The third-order valence-electron chi connectivity index (χ3n) is 3.69. The first-order valence-corrected chi connectivity index (χ1v) is 8.56. The van der Waals surface area contributed by atoms with Gasteiger partial charge in [-0.15, -0.1) is 0 Å². The largest absolute Gasteiger partial charge is 0.480 e. The summed E-state index contributed by atoms with van der Waals surface area (Å²) in [7, 11) is 0. The van der Waals surface area contributed by atoms with E-state index in [1.165, 1.54) is 5.56 Å². The topological polar surface area (TPSA) is 61.7 Å². The molecule has 5 heteroatoms. The molecule has 1 aromatic carbocycles. The van der Waals surface area contributed by atoms with E-state index in [4.69, 9.17) is 0 Å². The van der Waals surface area contributed by atoms with E-state index in [9.17, 15) is 9.90 Å². The third-order valence-corrected chi connectivity index (χ3v) is 4.55. The van der Waals surface area contributed by atoms with E-state index in [1.807, 2.05) is 31.4 Å². The van der Waals surface area contributed by atoms with Gasteiger partial charge in [-0.05, 0) is 36.8 Å². The highest BCUT2D eigenvalue weighted by Gasteiger charge is 2.28. The summed E-state index contributed by atoms with van der Waals surface area (Å²) in [5, 5.41) is 12.7. The zero-order valence-corrected chi connectivity index (χ0v) is 13.5. The number of rotatable bonds is 5. The van der Waals surface area contributed by atoms with Crippen LogP contribution in [-0.4, -0.2) is 41.0 Å². The molecule has 0 saturated heterocycles. The van der Waals surface area contributed by atoms with Crippen molar-refractivity contribution in [1.29, 1.82) is 0 Å². The first-order valence-electron chi connectivity index (χ1n) is 7.17. The van der Waals surface area contributed by atoms with Crippen LogP contribution in [-0.2, 0) is 11.2 Å². The van der Waals surface area contributed by atoms with Crippen molar-refractivity contribution in [1.82, 2.24) is 5.32 Å². The van der Waals surface area contributed by atoms with Crippen molar-refractivity contribution in [2.45, 2.75) is 32.4 Å². The molecule has 2 rings (SSSR count). The van der Waals surface area contributed by atoms with Gasteiger partial charge in [-0.3, -0.25) is 4.99 Å². The minimum atomic E-state index is -0.824. The Hall–Kier alpha value is -1.49. The summed E-state index contributed by atoms with van der Waals surface area (Å²) in [6.45, 7) is 4.01. The number of fused-ring (bicyclic) bond motifs is 1. The number of carboxylic acid groups (broad SMARTS) is 1. The molecule has 0 saturated carbocycles. The summed E-state index contributed by atoms with van der Waals surface area (Å²) >= 11 is 1.66. The van der Waals surface area contributed by atoms with E-state index >= 15 is 0 Å². The molecule has 0 fully saturated rings. The van der Waals surface area contributed by atoms with E-state index in [-0.39, 0.29) is 12.0 Å². The van der Waals surface area contributed by atoms with Gasteiger partial charge in [-0.2, -0.15) is 11.8 Å². The molecule has 0 radical (unpaired) electrons. The average molecular weight is 306 g/mol. The minimum absolute atomic E-state index is 0.0320. The molecule has 0 aliphatic carbocycles. The predicted octanol–water partition coefficient (Wildman–Crippen LogP) is 2.42. The molecule has 0 unspecified atom stereocenters. The van der Waals surface area contributed by atoms with E-state index in [2.05, 4.69) is 23.3 Å². The van der Waals surface area contributed by atoms with Crippen LogP contribution >= 0.6 is 11.8 Å². The van der Waals surface area contributed by atoms with E-state index < -0.39 is 12.0 Å². The summed E-state index contributed by atoms with van der Waals surface area (Å²) in [6, 6.07) is 7.63. The number of benzene rings is 1. The lowest BCUT2D eigenvalue weighted by Gasteiger charge is -2.27. The number of aliphatic imine (C=N–C) groups is 1. The standard InChI is InChI=1S/C16H22N2O2S/c1-10(9-21-3)14(16(19)20)18-15-13-7-5-4-6-12(13)8-11(2)17-15/h4-7,10-11,14H,8-9H2,1-3H3,(H,17,18)(H,19,20)/t10-,11+,14-/m0/s1. The van der Waals surface area contributed by atoms with Crippen LogP contribution in [0.4, 0.5) is 0 Å². The Balaban J connectivity index is 2.25. The number of carboxylic acids is 1. The second kappa shape index (κ2) is 6.98. The summed E-state index contributed by atoms with van der Waals surface area (Å²) < 4.78 is 0. The minimum Gasteiger partial charge on any atom is -0.480 e. The number of nitrogens with zero attached hydrogens (tertiary/aromatic N) is 1. The van der Waals surface area contributed by atoms with Gasteiger partial charge in [0.25, 0.3) is 0 Å². The number of amidine groups is 1. The van der Waals surface area contributed by atoms with Gasteiger partial charge < -0.3 is 10.4 Å². The Bertz CT molecular complexity index is 545. The Morgan fingerprint density at radius 1 is 1.52 bits per heavy atom.